The fraction of sp³-hybridized carbons (Fsp3) is 0.941. The first kappa shape index (κ1) is 30.0. The third kappa shape index (κ3) is 5.42. The van der Waals surface area contributed by atoms with Crippen LogP contribution in [-0.4, -0.2) is 52.6 Å². The van der Waals surface area contributed by atoms with E-state index in [1.54, 1.807) is 5.57 Å². The molecule has 5 heteroatoms. The van der Waals surface area contributed by atoms with E-state index in [-0.39, 0.29) is 18.1 Å². The fourth-order valence-corrected chi connectivity index (χ4v) is 10.5. The average Bonchev–Trinajstić information content (AvgIpc) is 3.26. The monoisotopic (exact) mass is 546 g/mol. The molecular weight excluding hydrogens is 488 g/mol. The van der Waals surface area contributed by atoms with Gasteiger partial charge < -0.3 is 24.8 Å². The minimum absolute atomic E-state index is 0.00351. The van der Waals surface area contributed by atoms with Crippen LogP contribution in [0.5, 0.6) is 0 Å². The third-order valence-corrected chi connectivity index (χ3v) is 13.1. The lowest BCUT2D eigenvalue weighted by atomic mass is 9.47. The molecule has 1 heterocycles. The predicted octanol–water partition coefficient (Wildman–Crippen LogP) is 6.49. The highest BCUT2D eigenvalue weighted by atomic mass is 16.7. The van der Waals surface area contributed by atoms with Gasteiger partial charge in [-0.05, 0) is 110 Å². The number of aliphatic hydroxyl groups excluding tert-OH is 3. The van der Waals surface area contributed by atoms with Crippen LogP contribution in [0.4, 0.5) is 0 Å². The highest BCUT2D eigenvalue weighted by Gasteiger charge is 2.59. The summed E-state index contributed by atoms with van der Waals surface area (Å²) < 4.78 is 11.8. The Morgan fingerprint density at radius 2 is 1.74 bits per heavy atom. The molecule has 5 aliphatic rings. The van der Waals surface area contributed by atoms with Crippen molar-refractivity contribution in [3.63, 3.8) is 0 Å². The SMILES string of the molecule is CC[C@H](CC[C@@H](C)[C@@H]1CC[C@H]2[C@@H]3CC=C4C[C@@H](O[C@H]5OC[C@H](O)[C@@H](O)[C@@H]5O)CC[C@]4(C)[C@@H]3CC[C@]21C)C(C)C. The molecule has 1 saturated heterocycles. The molecule has 13 atom stereocenters. The second kappa shape index (κ2) is 11.7. The van der Waals surface area contributed by atoms with Crippen molar-refractivity contribution >= 4 is 0 Å². The second-order valence-electron chi connectivity index (χ2n) is 15.2. The summed E-state index contributed by atoms with van der Waals surface area (Å²) in [5.41, 5.74) is 2.31. The molecule has 4 fully saturated rings. The summed E-state index contributed by atoms with van der Waals surface area (Å²) in [4.78, 5) is 0. The molecule has 0 aromatic carbocycles. The summed E-state index contributed by atoms with van der Waals surface area (Å²) in [5.74, 6) is 5.83. The Hall–Kier alpha value is -0.460. The number of rotatable bonds is 8. The maximum atomic E-state index is 10.4. The molecule has 5 nitrogen and oxygen atoms in total. The quantitative estimate of drug-likeness (QED) is 0.303. The van der Waals surface area contributed by atoms with Crippen LogP contribution in [0, 0.1) is 52.3 Å². The van der Waals surface area contributed by atoms with Crippen molar-refractivity contribution in [2.75, 3.05) is 6.61 Å². The van der Waals surface area contributed by atoms with E-state index in [1.165, 1.54) is 51.4 Å². The first-order valence-electron chi connectivity index (χ1n) is 16.5. The standard InChI is InChI=1S/C34H58O5/c1-7-22(20(2)3)9-8-21(4)26-12-13-27-25-11-10-23-18-24(39-32-31(37)30(36)29(35)19-38-32)14-16-33(23,5)28(25)15-17-34(26,27)6/h10,20-22,24-32,35-37H,7-9,11-19H2,1-6H3/t21-,22-,24+,25+,26+,27+,28-,29+,30-,31+,32-,33+,34+/m1/s1. The van der Waals surface area contributed by atoms with Crippen molar-refractivity contribution in [2.45, 2.75) is 143 Å². The van der Waals surface area contributed by atoms with Gasteiger partial charge in [0.1, 0.15) is 18.3 Å². The van der Waals surface area contributed by atoms with Crippen molar-refractivity contribution in [3.05, 3.63) is 11.6 Å². The minimum Gasteiger partial charge on any atom is -0.388 e. The van der Waals surface area contributed by atoms with E-state index in [0.29, 0.717) is 5.41 Å². The first-order chi connectivity index (χ1) is 18.5. The molecule has 0 radical (unpaired) electrons. The van der Waals surface area contributed by atoms with Crippen molar-refractivity contribution in [1.82, 2.24) is 0 Å². The number of ether oxygens (including phenoxy) is 2. The highest BCUT2D eigenvalue weighted by molar-refractivity contribution is 5.25. The zero-order valence-corrected chi connectivity index (χ0v) is 25.6. The topological polar surface area (TPSA) is 79.2 Å². The lowest BCUT2D eigenvalue weighted by Crippen LogP contribution is -2.55. The van der Waals surface area contributed by atoms with E-state index in [4.69, 9.17) is 9.47 Å². The number of hydrogen-bond donors (Lipinski definition) is 3. The lowest BCUT2D eigenvalue weighted by Gasteiger charge is -2.58. The van der Waals surface area contributed by atoms with Gasteiger partial charge in [0.05, 0.1) is 12.7 Å². The zero-order chi connectivity index (χ0) is 28.1. The van der Waals surface area contributed by atoms with Crippen molar-refractivity contribution in [2.24, 2.45) is 52.3 Å². The van der Waals surface area contributed by atoms with Gasteiger partial charge in [0.25, 0.3) is 0 Å². The maximum Gasteiger partial charge on any atom is 0.186 e. The number of hydrogen-bond acceptors (Lipinski definition) is 5. The molecule has 1 aliphatic heterocycles. The van der Waals surface area contributed by atoms with Crippen LogP contribution in [0.3, 0.4) is 0 Å². The maximum absolute atomic E-state index is 10.4. The Labute approximate surface area is 238 Å². The van der Waals surface area contributed by atoms with E-state index in [1.807, 2.05) is 0 Å². The molecular formula is C34H58O5. The van der Waals surface area contributed by atoms with Gasteiger partial charge in [-0.15, -0.1) is 0 Å². The van der Waals surface area contributed by atoms with Crippen molar-refractivity contribution < 1.29 is 24.8 Å². The molecule has 0 amide bonds. The van der Waals surface area contributed by atoms with Gasteiger partial charge in [-0.1, -0.05) is 66.0 Å². The van der Waals surface area contributed by atoms with Gasteiger partial charge >= 0.3 is 0 Å². The highest BCUT2D eigenvalue weighted by Crippen LogP contribution is 2.67. The molecule has 5 rings (SSSR count). The Kier molecular flexibility index (Phi) is 8.98. The summed E-state index contributed by atoms with van der Waals surface area (Å²) in [5, 5.41) is 30.2. The minimum atomic E-state index is -1.22. The van der Waals surface area contributed by atoms with E-state index in [2.05, 4.69) is 47.6 Å². The molecule has 0 aromatic rings. The molecule has 0 bridgehead atoms. The lowest BCUT2D eigenvalue weighted by molar-refractivity contribution is -0.284. The van der Waals surface area contributed by atoms with Gasteiger partial charge in [-0.25, -0.2) is 0 Å². The molecule has 224 valence electrons. The van der Waals surface area contributed by atoms with E-state index in [9.17, 15) is 15.3 Å². The number of fused-ring (bicyclic) bond motifs is 5. The Morgan fingerprint density at radius 1 is 0.974 bits per heavy atom. The van der Waals surface area contributed by atoms with Crippen molar-refractivity contribution in [3.8, 4) is 0 Å². The smallest absolute Gasteiger partial charge is 0.186 e. The van der Waals surface area contributed by atoms with Crippen molar-refractivity contribution in [1.29, 1.82) is 0 Å². The van der Waals surface area contributed by atoms with Crippen LogP contribution in [-0.2, 0) is 9.47 Å². The van der Waals surface area contributed by atoms with Crippen LogP contribution < -0.4 is 0 Å². The van der Waals surface area contributed by atoms with Crippen LogP contribution in [0.15, 0.2) is 11.6 Å². The molecule has 0 spiro atoms. The van der Waals surface area contributed by atoms with E-state index >= 15 is 0 Å². The Balaban J connectivity index is 1.23. The predicted molar refractivity (Wildman–Crippen MR) is 155 cm³/mol. The molecule has 39 heavy (non-hydrogen) atoms. The van der Waals surface area contributed by atoms with Crippen LogP contribution in [0.25, 0.3) is 0 Å². The average molecular weight is 547 g/mol. The van der Waals surface area contributed by atoms with Gasteiger partial charge in [0.2, 0.25) is 0 Å². The van der Waals surface area contributed by atoms with E-state index < -0.39 is 24.6 Å². The summed E-state index contributed by atoms with van der Waals surface area (Å²) >= 11 is 0. The largest absolute Gasteiger partial charge is 0.388 e. The first-order valence-corrected chi connectivity index (χ1v) is 16.5. The fourth-order valence-electron chi connectivity index (χ4n) is 10.5. The molecule has 4 aliphatic carbocycles. The Morgan fingerprint density at radius 3 is 2.46 bits per heavy atom. The van der Waals surface area contributed by atoms with Gasteiger partial charge in [-0.3, -0.25) is 0 Å². The van der Waals surface area contributed by atoms with Gasteiger partial charge in [0, 0.05) is 0 Å². The van der Waals surface area contributed by atoms with Crippen LogP contribution in [0.2, 0.25) is 0 Å². The molecule has 0 unspecified atom stereocenters. The summed E-state index contributed by atoms with van der Waals surface area (Å²) in [6.07, 6.45) is 12.1. The number of aliphatic hydroxyl groups is 3. The van der Waals surface area contributed by atoms with Gasteiger partial charge in [-0.2, -0.15) is 0 Å². The third-order valence-electron chi connectivity index (χ3n) is 13.1. The van der Waals surface area contributed by atoms with Gasteiger partial charge in [0.15, 0.2) is 6.29 Å². The molecule has 3 saturated carbocycles. The summed E-state index contributed by atoms with van der Waals surface area (Å²) in [6, 6.07) is 0. The second-order valence-corrected chi connectivity index (χ2v) is 15.2. The normalized spacial score (nSPS) is 47.6. The number of allylic oxidation sites excluding steroid dienone is 1. The summed E-state index contributed by atoms with van der Waals surface area (Å²) in [7, 11) is 0. The molecule has 0 aromatic heterocycles. The molecule has 3 N–H and O–H groups in total. The van der Waals surface area contributed by atoms with E-state index in [0.717, 1.165) is 60.7 Å². The zero-order valence-electron chi connectivity index (χ0n) is 25.6. The summed E-state index contributed by atoms with van der Waals surface area (Å²) in [6.45, 7) is 15.0. The van der Waals surface area contributed by atoms with Crippen LogP contribution >= 0.6 is 0 Å². The Bertz CT molecular complexity index is 872. The van der Waals surface area contributed by atoms with Crippen LogP contribution in [0.1, 0.15) is 112 Å².